The highest BCUT2D eigenvalue weighted by molar-refractivity contribution is 6.61. The number of nitrogens with zero attached hydrogens (tertiary/aromatic N) is 1. The van der Waals surface area contributed by atoms with E-state index in [2.05, 4.69) is 5.43 Å². The minimum atomic E-state index is -1.12. The number of benzene rings is 2. The van der Waals surface area contributed by atoms with E-state index in [1.54, 1.807) is 37.3 Å². The molecule has 2 N–H and O–H groups in total. The summed E-state index contributed by atoms with van der Waals surface area (Å²) < 4.78 is 11.0. The van der Waals surface area contributed by atoms with E-state index in [0.29, 0.717) is 32.9 Å². The van der Waals surface area contributed by atoms with Gasteiger partial charge in [0, 0.05) is 33.7 Å². The van der Waals surface area contributed by atoms with Gasteiger partial charge in [-0.1, -0.05) is 38.4 Å². The van der Waals surface area contributed by atoms with Gasteiger partial charge in [-0.25, -0.2) is 5.01 Å². The van der Waals surface area contributed by atoms with Crippen LogP contribution in [0, 0.1) is 19.3 Å². The molecule has 9 heteroatoms. The van der Waals surface area contributed by atoms with Crippen LogP contribution in [0.3, 0.4) is 0 Å². The number of nitrogens with one attached hydrogen (secondary N) is 1. The number of halogens is 1. The summed E-state index contributed by atoms with van der Waals surface area (Å²) in [4.78, 5) is 26.5. The van der Waals surface area contributed by atoms with Crippen LogP contribution in [-0.2, 0) is 4.65 Å². The van der Waals surface area contributed by atoms with E-state index in [1.165, 1.54) is 5.01 Å². The topological polar surface area (TPSA) is 88.1 Å². The van der Waals surface area contributed by atoms with Gasteiger partial charge >= 0.3 is 7.12 Å². The first-order valence-electron chi connectivity index (χ1n) is 10.4. The first-order chi connectivity index (χ1) is 15.0. The largest absolute Gasteiger partial charge is 0.495 e. The Morgan fingerprint density at radius 1 is 1.19 bits per heavy atom. The molecule has 0 saturated heterocycles. The second-order valence-electron chi connectivity index (χ2n) is 9.14. The molecule has 170 valence electrons. The Kier molecular flexibility index (Phi) is 7.17. The van der Waals surface area contributed by atoms with Gasteiger partial charge in [0.05, 0.1) is 6.61 Å². The molecule has 0 bridgehead atoms. The maximum Gasteiger partial charge on any atom is 0.495 e. The fourth-order valence-electron chi connectivity index (χ4n) is 3.57. The number of carbonyl (C=O) groups is 2. The molecule has 2 aromatic carbocycles. The van der Waals surface area contributed by atoms with Gasteiger partial charge in [0.2, 0.25) is 0 Å². The summed E-state index contributed by atoms with van der Waals surface area (Å²) in [5.41, 5.74) is 5.09. The van der Waals surface area contributed by atoms with Crippen molar-refractivity contribution in [2.24, 2.45) is 5.41 Å². The van der Waals surface area contributed by atoms with Crippen molar-refractivity contribution in [1.82, 2.24) is 10.4 Å². The standard InChI is InChI=1S/C23H28BClN2O5/c1-14-10-16(12-17(25)11-14)22(29)27(13-23(3,4)5)26-21(28)18-6-7-19-20(15(18)2)31-8-9-32-24(19)30/h6-7,10-12,30H,8-9,13H2,1-5H3,(H,26,28). The summed E-state index contributed by atoms with van der Waals surface area (Å²) in [6.07, 6.45) is 0. The predicted molar refractivity (Wildman–Crippen MR) is 124 cm³/mol. The van der Waals surface area contributed by atoms with E-state index < -0.39 is 13.0 Å². The van der Waals surface area contributed by atoms with E-state index in [4.69, 9.17) is 21.0 Å². The zero-order chi connectivity index (χ0) is 23.6. The second-order valence-corrected chi connectivity index (χ2v) is 9.57. The third-order valence-corrected chi connectivity index (χ3v) is 5.17. The van der Waals surface area contributed by atoms with Crippen molar-refractivity contribution in [1.29, 1.82) is 0 Å². The van der Waals surface area contributed by atoms with E-state index in [9.17, 15) is 14.6 Å². The van der Waals surface area contributed by atoms with Crippen molar-refractivity contribution in [3.05, 3.63) is 57.6 Å². The van der Waals surface area contributed by atoms with Crippen LogP contribution in [0.1, 0.15) is 52.6 Å². The van der Waals surface area contributed by atoms with Crippen molar-refractivity contribution in [2.45, 2.75) is 34.6 Å². The first kappa shape index (κ1) is 24.1. The summed E-state index contributed by atoms with van der Waals surface area (Å²) in [7, 11) is -1.12. The monoisotopic (exact) mass is 458 g/mol. The third kappa shape index (κ3) is 5.62. The van der Waals surface area contributed by atoms with E-state index in [-0.39, 0.29) is 31.1 Å². The average molecular weight is 459 g/mol. The lowest BCUT2D eigenvalue weighted by atomic mass is 9.77. The highest BCUT2D eigenvalue weighted by atomic mass is 35.5. The summed E-state index contributed by atoms with van der Waals surface area (Å²) in [6.45, 7) is 10.3. The van der Waals surface area contributed by atoms with Crippen molar-refractivity contribution >= 4 is 36.0 Å². The number of aryl methyl sites for hydroxylation is 1. The number of hydrazine groups is 1. The molecule has 0 fully saturated rings. The normalized spacial score (nSPS) is 13.7. The van der Waals surface area contributed by atoms with Crippen LogP contribution >= 0.6 is 11.6 Å². The number of carbonyl (C=O) groups excluding carboxylic acids is 2. The van der Waals surface area contributed by atoms with Gasteiger partial charge in [0.1, 0.15) is 12.4 Å². The molecule has 3 rings (SSSR count). The molecule has 0 saturated carbocycles. The third-order valence-electron chi connectivity index (χ3n) is 4.96. The van der Waals surface area contributed by atoms with Crippen molar-refractivity contribution in [3.8, 4) is 5.75 Å². The van der Waals surface area contributed by atoms with Gasteiger partial charge in [0.15, 0.2) is 0 Å². The van der Waals surface area contributed by atoms with Crippen molar-refractivity contribution in [3.63, 3.8) is 0 Å². The Bertz CT molecular complexity index is 1020. The Hall–Kier alpha value is -2.55. The van der Waals surface area contributed by atoms with Gasteiger partial charge < -0.3 is 14.4 Å². The predicted octanol–water partition coefficient (Wildman–Crippen LogP) is 2.89. The zero-order valence-corrected chi connectivity index (χ0v) is 19.7. The van der Waals surface area contributed by atoms with Gasteiger partial charge in [-0.3, -0.25) is 15.0 Å². The minimum Gasteiger partial charge on any atom is -0.491 e. The average Bonchev–Trinajstić information content (AvgIpc) is 2.87. The molecular weight excluding hydrogens is 431 g/mol. The second kappa shape index (κ2) is 9.52. The molecule has 0 aromatic heterocycles. The van der Waals surface area contributed by atoms with Crippen LogP contribution in [-0.4, -0.2) is 48.7 Å². The fraction of sp³-hybridized carbons (Fsp3) is 0.391. The lowest BCUT2D eigenvalue weighted by Gasteiger charge is -2.30. The highest BCUT2D eigenvalue weighted by Crippen LogP contribution is 2.23. The zero-order valence-electron chi connectivity index (χ0n) is 19.0. The Labute approximate surface area is 193 Å². The Morgan fingerprint density at radius 3 is 2.56 bits per heavy atom. The first-order valence-corrected chi connectivity index (χ1v) is 10.8. The van der Waals surface area contributed by atoms with Crippen molar-refractivity contribution < 1.29 is 24.0 Å². The number of amides is 2. The van der Waals surface area contributed by atoms with Crippen LogP contribution in [0.2, 0.25) is 5.02 Å². The molecular formula is C23H28BClN2O5. The van der Waals surface area contributed by atoms with Crippen molar-refractivity contribution in [2.75, 3.05) is 19.8 Å². The molecule has 2 aromatic rings. The van der Waals surface area contributed by atoms with E-state index in [1.807, 2.05) is 27.7 Å². The minimum absolute atomic E-state index is 0.240. The van der Waals surface area contributed by atoms with Crippen LogP contribution in [0.25, 0.3) is 0 Å². The quantitative estimate of drug-likeness (QED) is 0.545. The molecule has 1 aliphatic rings. The van der Waals surface area contributed by atoms with Gasteiger partial charge in [-0.2, -0.15) is 0 Å². The molecule has 1 aliphatic heterocycles. The maximum atomic E-state index is 13.3. The number of fused-ring (bicyclic) bond motifs is 1. The van der Waals surface area contributed by atoms with Crippen LogP contribution < -0.4 is 15.6 Å². The lowest BCUT2D eigenvalue weighted by Crippen LogP contribution is -2.50. The van der Waals surface area contributed by atoms with Crippen LogP contribution in [0.15, 0.2) is 30.3 Å². The van der Waals surface area contributed by atoms with Gasteiger partial charge in [-0.05, 0) is 49.1 Å². The highest BCUT2D eigenvalue weighted by Gasteiger charge is 2.29. The molecule has 1 heterocycles. The summed E-state index contributed by atoms with van der Waals surface area (Å²) in [5, 5.41) is 11.9. The van der Waals surface area contributed by atoms with Gasteiger partial charge in [0.25, 0.3) is 11.8 Å². The SMILES string of the molecule is Cc1cc(Cl)cc(C(=O)N(CC(C)(C)C)NC(=O)c2ccc3c(c2C)OCCOB3O)c1. The lowest BCUT2D eigenvalue weighted by molar-refractivity contribution is 0.0509. The molecule has 2 amide bonds. The smallest absolute Gasteiger partial charge is 0.491 e. The maximum absolute atomic E-state index is 13.3. The summed E-state index contributed by atoms with van der Waals surface area (Å²) >= 11 is 6.14. The van der Waals surface area contributed by atoms with Crippen LogP contribution in [0.4, 0.5) is 0 Å². The molecule has 7 nitrogen and oxygen atoms in total. The molecule has 32 heavy (non-hydrogen) atoms. The molecule has 0 spiro atoms. The molecule has 0 radical (unpaired) electrons. The summed E-state index contributed by atoms with van der Waals surface area (Å²) in [5.74, 6) is -0.391. The Balaban J connectivity index is 1.92. The molecule has 0 aliphatic carbocycles. The van der Waals surface area contributed by atoms with E-state index in [0.717, 1.165) is 5.56 Å². The van der Waals surface area contributed by atoms with Gasteiger partial charge in [-0.15, -0.1) is 0 Å². The van der Waals surface area contributed by atoms with Crippen LogP contribution in [0.5, 0.6) is 5.75 Å². The Morgan fingerprint density at radius 2 is 1.91 bits per heavy atom. The number of hydrogen-bond donors (Lipinski definition) is 2. The number of rotatable bonds is 3. The summed E-state index contributed by atoms with van der Waals surface area (Å²) in [6, 6.07) is 8.28. The number of hydrogen-bond acceptors (Lipinski definition) is 5. The molecule has 0 unspecified atom stereocenters. The molecule has 0 atom stereocenters. The van der Waals surface area contributed by atoms with E-state index >= 15 is 0 Å². The fourth-order valence-corrected chi connectivity index (χ4v) is 3.86. The number of ether oxygens (including phenoxy) is 1.